The van der Waals surface area contributed by atoms with Gasteiger partial charge in [0.15, 0.2) is 0 Å². The van der Waals surface area contributed by atoms with Gasteiger partial charge in [-0.2, -0.15) is 0 Å². The molecule has 2 aliphatic rings. The van der Waals surface area contributed by atoms with E-state index in [1.807, 2.05) is 0 Å². The highest BCUT2D eigenvalue weighted by Crippen LogP contribution is 2.60. The molecule has 0 unspecified atom stereocenters. The largest absolute Gasteiger partial charge is 0.0494 e. The predicted octanol–water partition coefficient (Wildman–Crippen LogP) is 2.01. The third-order valence-electron chi connectivity index (χ3n) is 2.85. The van der Waals surface area contributed by atoms with Gasteiger partial charge in [0, 0.05) is 0 Å². The Bertz CT molecular complexity index is 86.2. The molecule has 0 heteroatoms. The van der Waals surface area contributed by atoms with E-state index in [1.165, 1.54) is 25.7 Å². The summed E-state index contributed by atoms with van der Waals surface area (Å²) in [6.07, 6.45) is 5.78. The van der Waals surface area contributed by atoms with Crippen molar-refractivity contribution in [2.75, 3.05) is 0 Å². The number of fused-ring (bicyclic) bond motifs is 1. The minimum atomic E-state index is 0.611. The summed E-state index contributed by atoms with van der Waals surface area (Å²) >= 11 is 0. The van der Waals surface area contributed by atoms with Gasteiger partial charge in [-0.05, 0) is 43.9 Å². The predicted molar refractivity (Wildman–Crippen MR) is 29.7 cm³/mol. The van der Waals surface area contributed by atoms with Crippen LogP contribution in [0, 0.1) is 18.3 Å². The van der Waals surface area contributed by atoms with Crippen molar-refractivity contribution in [1.29, 1.82) is 0 Å². The lowest BCUT2D eigenvalue weighted by atomic mass is 9.49. The standard InChI is InChI=1S/C7H11/c1-7-4-2-6(7)3-5-7/h6H,1-5H2. The first kappa shape index (κ1) is 3.94. The van der Waals surface area contributed by atoms with E-state index >= 15 is 0 Å². The summed E-state index contributed by atoms with van der Waals surface area (Å²) in [7, 11) is 0. The van der Waals surface area contributed by atoms with Gasteiger partial charge < -0.3 is 0 Å². The van der Waals surface area contributed by atoms with Gasteiger partial charge in [-0.3, -0.25) is 0 Å². The van der Waals surface area contributed by atoms with E-state index in [9.17, 15) is 0 Å². The van der Waals surface area contributed by atoms with Crippen molar-refractivity contribution >= 4 is 0 Å². The van der Waals surface area contributed by atoms with Crippen LogP contribution in [0.15, 0.2) is 0 Å². The lowest BCUT2D eigenvalue weighted by Crippen LogP contribution is -2.46. The first-order valence-corrected chi connectivity index (χ1v) is 3.17. The maximum absolute atomic E-state index is 4.14. The average Bonchev–Trinajstić information content (AvgIpc) is 1.67. The second-order valence-corrected chi connectivity index (χ2v) is 3.14. The first-order valence-electron chi connectivity index (χ1n) is 3.17. The van der Waals surface area contributed by atoms with Crippen LogP contribution in [0.1, 0.15) is 25.7 Å². The molecule has 2 rings (SSSR count). The minimum Gasteiger partial charge on any atom is -0.0494 e. The lowest BCUT2D eigenvalue weighted by Gasteiger charge is -2.56. The fourth-order valence-electron chi connectivity index (χ4n) is 1.78. The van der Waals surface area contributed by atoms with E-state index in [0.29, 0.717) is 5.41 Å². The summed E-state index contributed by atoms with van der Waals surface area (Å²) in [5, 5.41) is 0. The molecule has 2 fully saturated rings. The van der Waals surface area contributed by atoms with Crippen LogP contribution in [0.3, 0.4) is 0 Å². The summed E-state index contributed by atoms with van der Waals surface area (Å²) < 4.78 is 0. The second-order valence-electron chi connectivity index (χ2n) is 3.14. The van der Waals surface area contributed by atoms with Gasteiger partial charge >= 0.3 is 0 Å². The molecule has 39 valence electrons. The molecule has 0 aromatic heterocycles. The van der Waals surface area contributed by atoms with E-state index < -0.39 is 0 Å². The number of rotatable bonds is 0. The van der Waals surface area contributed by atoms with Gasteiger partial charge in [0.25, 0.3) is 0 Å². The van der Waals surface area contributed by atoms with Crippen LogP contribution < -0.4 is 0 Å². The Kier molecular flexibility index (Phi) is 0.499. The van der Waals surface area contributed by atoms with Crippen LogP contribution in [0.25, 0.3) is 0 Å². The Morgan fingerprint density at radius 3 is 1.71 bits per heavy atom. The van der Waals surface area contributed by atoms with E-state index in [1.54, 1.807) is 0 Å². The normalized spacial score (nSPS) is 57.0. The molecule has 0 aliphatic heterocycles. The van der Waals surface area contributed by atoms with Gasteiger partial charge in [0.2, 0.25) is 0 Å². The molecule has 0 aromatic carbocycles. The Balaban J connectivity index is 2.12. The van der Waals surface area contributed by atoms with E-state index in [-0.39, 0.29) is 0 Å². The Morgan fingerprint density at radius 1 is 1.29 bits per heavy atom. The summed E-state index contributed by atoms with van der Waals surface area (Å²) in [6, 6.07) is 0. The Labute approximate surface area is 44.9 Å². The molecule has 0 amide bonds. The molecule has 2 saturated carbocycles. The monoisotopic (exact) mass is 95.1 g/mol. The highest BCUT2D eigenvalue weighted by Gasteiger charge is 2.49. The van der Waals surface area contributed by atoms with Crippen molar-refractivity contribution in [3.63, 3.8) is 0 Å². The van der Waals surface area contributed by atoms with Gasteiger partial charge in [-0.15, -0.1) is 0 Å². The molecular formula is C7H11. The summed E-state index contributed by atoms with van der Waals surface area (Å²) in [6.45, 7) is 4.14. The van der Waals surface area contributed by atoms with Crippen LogP contribution in [0.4, 0.5) is 0 Å². The van der Waals surface area contributed by atoms with Crippen molar-refractivity contribution < 1.29 is 0 Å². The maximum atomic E-state index is 4.14. The fourth-order valence-corrected chi connectivity index (χ4v) is 1.78. The van der Waals surface area contributed by atoms with Crippen molar-refractivity contribution in [3.8, 4) is 0 Å². The van der Waals surface area contributed by atoms with Gasteiger partial charge in [0.05, 0.1) is 0 Å². The van der Waals surface area contributed by atoms with Crippen LogP contribution in [-0.2, 0) is 0 Å². The first-order chi connectivity index (χ1) is 3.31. The summed E-state index contributed by atoms with van der Waals surface area (Å²) in [5.41, 5.74) is 0.611. The van der Waals surface area contributed by atoms with Gasteiger partial charge in [-0.25, -0.2) is 0 Å². The highest BCUT2D eigenvalue weighted by atomic mass is 14.5. The molecule has 7 heavy (non-hydrogen) atoms. The summed E-state index contributed by atoms with van der Waals surface area (Å²) in [5.74, 6) is 1.05. The van der Waals surface area contributed by atoms with Crippen LogP contribution >= 0.6 is 0 Å². The topological polar surface area (TPSA) is 0 Å². The molecule has 0 aromatic rings. The minimum absolute atomic E-state index is 0.611. The van der Waals surface area contributed by atoms with Crippen LogP contribution in [0.5, 0.6) is 0 Å². The average molecular weight is 95.2 g/mol. The molecule has 2 aliphatic carbocycles. The summed E-state index contributed by atoms with van der Waals surface area (Å²) in [4.78, 5) is 0. The van der Waals surface area contributed by atoms with Gasteiger partial charge in [0.1, 0.15) is 0 Å². The van der Waals surface area contributed by atoms with Crippen LogP contribution in [-0.4, -0.2) is 0 Å². The van der Waals surface area contributed by atoms with E-state index in [2.05, 4.69) is 6.92 Å². The fraction of sp³-hybridized carbons (Fsp3) is 0.857. The Hall–Kier alpha value is 0. The molecule has 1 radical (unpaired) electrons. The zero-order chi connectivity index (χ0) is 4.91. The van der Waals surface area contributed by atoms with Crippen molar-refractivity contribution in [2.24, 2.45) is 11.3 Å². The zero-order valence-electron chi connectivity index (χ0n) is 4.61. The zero-order valence-corrected chi connectivity index (χ0v) is 4.61. The number of hydrogen-bond acceptors (Lipinski definition) is 0. The third-order valence-corrected chi connectivity index (χ3v) is 2.85. The highest BCUT2D eigenvalue weighted by molar-refractivity contribution is 5.04. The molecule has 0 atom stereocenters. The molecule has 0 heterocycles. The van der Waals surface area contributed by atoms with Crippen molar-refractivity contribution in [2.45, 2.75) is 25.7 Å². The van der Waals surface area contributed by atoms with Crippen molar-refractivity contribution in [3.05, 3.63) is 6.92 Å². The smallest absolute Gasteiger partial charge is 0.0269 e. The molecule has 0 N–H and O–H groups in total. The SMILES string of the molecule is [CH2]C12CCC1CC2. The molecule has 0 spiro atoms. The van der Waals surface area contributed by atoms with E-state index in [4.69, 9.17) is 0 Å². The van der Waals surface area contributed by atoms with Crippen molar-refractivity contribution in [1.82, 2.24) is 0 Å². The number of hydrogen-bond donors (Lipinski definition) is 0. The second kappa shape index (κ2) is 0.888. The lowest BCUT2D eigenvalue weighted by molar-refractivity contribution is -0.0300. The Morgan fingerprint density at radius 2 is 1.71 bits per heavy atom. The quantitative estimate of drug-likeness (QED) is 0.431. The van der Waals surface area contributed by atoms with Crippen LogP contribution in [0.2, 0.25) is 0 Å². The molecule has 0 bridgehead atoms. The molecule has 0 saturated heterocycles. The third kappa shape index (κ3) is 0.296. The maximum Gasteiger partial charge on any atom is -0.0269 e. The van der Waals surface area contributed by atoms with E-state index in [0.717, 1.165) is 5.92 Å². The molecule has 0 nitrogen and oxygen atoms in total. The van der Waals surface area contributed by atoms with Gasteiger partial charge in [-0.1, -0.05) is 0 Å². The molecular weight excluding hydrogens is 84.1 g/mol.